The van der Waals surface area contributed by atoms with Crippen LogP contribution in [0.4, 0.5) is 0 Å². The third kappa shape index (κ3) is 4.82. The van der Waals surface area contributed by atoms with Gasteiger partial charge in [-0.3, -0.25) is 9.59 Å². The predicted molar refractivity (Wildman–Crippen MR) is 74.1 cm³/mol. The van der Waals surface area contributed by atoms with Crippen LogP contribution in [0.2, 0.25) is 0 Å². The van der Waals surface area contributed by atoms with Crippen molar-refractivity contribution in [3.05, 3.63) is 35.4 Å². The van der Waals surface area contributed by atoms with Gasteiger partial charge in [-0.1, -0.05) is 45.0 Å². The maximum atomic E-state index is 11.9. The van der Waals surface area contributed by atoms with Gasteiger partial charge in [-0.15, -0.1) is 0 Å². The zero-order valence-electron chi connectivity index (χ0n) is 11.7. The standard InChI is InChI=1S/C16H22O2/c1-12(17)13-7-9-14(10-8-13)15(18)6-5-11-16(2,3)4/h7-10H,5-6,11H2,1-4H3. The first-order valence-corrected chi connectivity index (χ1v) is 6.44. The van der Waals surface area contributed by atoms with E-state index in [4.69, 9.17) is 0 Å². The van der Waals surface area contributed by atoms with Crippen molar-refractivity contribution in [3.8, 4) is 0 Å². The molecule has 0 saturated heterocycles. The van der Waals surface area contributed by atoms with E-state index in [2.05, 4.69) is 20.8 Å². The molecule has 0 amide bonds. The second-order valence-electron chi connectivity index (χ2n) is 5.97. The van der Waals surface area contributed by atoms with E-state index in [-0.39, 0.29) is 17.0 Å². The van der Waals surface area contributed by atoms with E-state index in [1.807, 2.05) is 0 Å². The minimum absolute atomic E-state index is 0.0294. The molecule has 2 nitrogen and oxygen atoms in total. The summed E-state index contributed by atoms with van der Waals surface area (Å²) in [7, 11) is 0. The van der Waals surface area contributed by atoms with Gasteiger partial charge in [-0.05, 0) is 25.2 Å². The van der Waals surface area contributed by atoms with Gasteiger partial charge in [0.25, 0.3) is 0 Å². The first kappa shape index (κ1) is 14.6. The second-order valence-corrected chi connectivity index (χ2v) is 5.97. The number of ketones is 2. The summed E-state index contributed by atoms with van der Waals surface area (Å²) < 4.78 is 0. The van der Waals surface area contributed by atoms with Crippen LogP contribution in [0.25, 0.3) is 0 Å². The number of carbonyl (C=O) groups excluding carboxylic acids is 2. The van der Waals surface area contributed by atoms with Gasteiger partial charge >= 0.3 is 0 Å². The quantitative estimate of drug-likeness (QED) is 0.726. The summed E-state index contributed by atoms with van der Waals surface area (Å²) in [4.78, 5) is 23.1. The van der Waals surface area contributed by atoms with Crippen LogP contribution in [-0.2, 0) is 0 Å². The Morgan fingerprint density at radius 2 is 1.50 bits per heavy atom. The number of rotatable bonds is 5. The fourth-order valence-corrected chi connectivity index (χ4v) is 1.81. The van der Waals surface area contributed by atoms with Crippen LogP contribution in [0.3, 0.4) is 0 Å². The zero-order valence-corrected chi connectivity index (χ0v) is 11.7. The zero-order chi connectivity index (χ0) is 13.8. The molecule has 0 aliphatic heterocycles. The van der Waals surface area contributed by atoms with Gasteiger partial charge in [-0.25, -0.2) is 0 Å². The number of hydrogen-bond acceptors (Lipinski definition) is 2. The van der Waals surface area contributed by atoms with Crippen molar-refractivity contribution < 1.29 is 9.59 Å². The van der Waals surface area contributed by atoms with Crippen molar-refractivity contribution in [3.63, 3.8) is 0 Å². The molecular formula is C16H22O2. The van der Waals surface area contributed by atoms with Gasteiger partial charge in [0.15, 0.2) is 11.6 Å². The molecule has 1 aromatic rings. The molecule has 0 N–H and O–H groups in total. The molecule has 0 heterocycles. The summed E-state index contributed by atoms with van der Waals surface area (Å²) in [5, 5.41) is 0. The molecule has 0 fully saturated rings. The topological polar surface area (TPSA) is 34.1 Å². The Bertz CT molecular complexity index is 421. The molecule has 0 aliphatic rings. The van der Waals surface area contributed by atoms with Gasteiger partial charge < -0.3 is 0 Å². The Morgan fingerprint density at radius 3 is 1.94 bits per heavy atom. The molecular weight excluding hydrogens is 224 g/mol. The normalized spacial score (nSPS) is 11.3. The largest absolute Gasteiger partial charge is 0.295 e. The van der Waals surface area contributed by atoms with Gasteiger partial charge in [0, 0.05) is 17.5 Å². The number of Topliss-reactive ketones (excluding diaryl/α,β-unsaturated/α-hetero) is 2. The molecule has 0 saturated carbocycles. The summed E-state index contributed by atoms with van der Waals surface area (Å²) in [6.07, 6.45) is 2.54. The van der Waals surface area contributed by atoms with E-state index in [0.717, 1.165) is 12.8 Å². The molecule has 0 atom stereocenters. The van der Waals surface area contributed by atoms with Crippen LogP contribution in [0.15, 0.2) is 24.3 Å². The van der Waals surface area contributed by atoms with Crippen molar-refractivity contribution >= 4 is 11.6 Å². The lowest BCUT2D eigenvalue weighted by Gasteiger charge is -2.17. The van der Waals surface area contributed by atoms with Gasteiger partial charge in [0.1, 0.15) is 0 Å². The molecule has 0 aliphatic carbocycles. The van der Waals surface area contributed by atoms with E-state index in [1.54, 1.807) is 24.3 Å². The lowest BCUT2D eigenvalue weighted by molar-refractivity contribution is 0.0972. The Balaban J connectivity index is 2.54. The van der Waals surface area contributed by atoms with Crippen LogP contribution in [0.5, 0.6) is 0 Å². The van der Waals surface area contributed by atoms with Gasteiger partial charge in [-0.2, -0.15) is 0 Å². The van der Waals surface area contributed by atoms with E-state index in [9.17, 15) is 9.59 Å². The van der Waals surface area contributed by atoms with Crippen LogP contribution >= 0.6 is 0 Å². The number of hydrogen-bond donors (Lipinski definition) is 0. The van der Waals surface area contributed by atoms with Crippen molar-refractivity contribution in [1.82, 2.24) is 0 Å². The lowest BCUT2D eigenvalue weighted by atomic mass is 9.89. The first-order chi connectivity index (χ1) is 8.29. The van der Waals surface area contributed by atoms with Crippen LogP contribution in [0.1, 0.15) is 67.7 Å². The molecule has 2 heteroatoms. The van der Waals surface area contributed by atoms with Gasteiger partial charge in [0.05, 0.1) is 0 Å². The summed E-state index contributed by atoms with van der Waals surface area (Å²) in [6, 6.07) is 6.94. The molecule has 1 aromatic carbocycles. The van der Waals surface area contributed by atoms with E-state index in [0.29, 0.717) is 17.5 Å². The lowest BCUT2D eigenvalue weighted by Crippen LogP contribution is -2.07. The minimum atomic E-state index is 0.0294. The summed E-state index contributed by atoms with van der Waals surface area (Å²) >= 11 is 0. The van der Waals surface area contributed by atoms with E-state index in [1.165, 1.54) is 6.92 Å². The molecule has 0 bridgehead atoms. The highest BCUT2D eigenvalue weighted by Crippen LogP contribution is 2.22. The molecule has 18 heavy (non-hydrogen) atoms. The Labute approximate surface area is 109 Å². The molecule has 0 spiro atoms. The molecule has 0 aromatic heterocycles. The number of carbonyl (C=O) groups is 2. The summed E-state index contributed by atoms with van der Waals surface area (Å²) in [5.74, 6) is 0.191. The summed E-state index contributed by atoms with van der Waals surface area (Å²) in [5.41, 5.74) is 1.63. The highest BCUT2D eigenvalue weighted by atomic mass is 16.1. The number of benzene rings is 1. The van der Waals surface area contributed by atoms with Crippen molar-refractivity contribution in [2.45, 2.75) is 47.0 Å². The Morgan fingerprint density at radius 1 is 1.00 bits per heavy atom. The van der Waals surface area contributed by atoms with Crippen molar-refractivity contribution in [1.29, 1.82) is 0 Å². The SMILES string of the molecule is CC(=O)c1ccc(C(=O)CCCC(C)(C)C)cc1. The Hall–Kier alpha value is -1.44. The molecule has 0 radical (unpaired) electrons. The summed E-state index contributed by atoms with van der Waals surface area (Å²) in [6.45, 7) is 8.07. The maximum absolute atomic E-state index is 11.9. The monoisotopic (exact) mass is 246 g/mol. The minimum Gasteiger partial charge on any atom is -0.295 e. The highest BCUT2D eigenvalue weighted by molar-refractivity contribution is 5.98. The third-order valence-corrected chi connectivity index (χ3v) is 2.94. The van der Waals surface area contributed by atoms with E-state index >= 15 is 0 Å². The van der Waals surface area contributed by atoms with Crippen molar-refractivity contribution in [2.75, 3.05) is 0 Å². The maximum Gasteiger partial charge on any atom is 0.162 e. The average molecular weight is 246 g/mol. The predicted octanol–water partition coefficient (Wildman–Crippen LogP) is 4.29. The second kappa shape index (κ2) is 5.94. The van der Waals surface area contributed by atoms with Gasteiger partial charge in [0.2, 0.25) is 0 Å². The van der Waals surface area contributed by atoms with Crippen molar-refractivity contribution in [2.24, 2.45) is 5.41 Å². The fourth-order valence-electron chi connectivity index (χ4n) is 1.81. The molecule has 0 unspecified atom stereocenters. The van der Waals surface area contributed by atoms with Crippen LogP contribution in [-0.4, -0.2) is 11.6 Å². The van der Waals surface area contributed by atoms with Crippen LogP contribution < -0.4 is 0 Å². The average Bonchev–Trinajstić information content (AvgIpc) is 2.27. The molecule has 1 rings (SSSR count). The third-order valence-electron chi connectivity index (χ3n) is 2.94. The van der Waals surface area contributed by atoms with E-state index < -0.39 is 0 Å². The highest BCUT2D eigenvalue weighted by Gasteiger charge is 2.12. The van der Waals surface area contributed by atoms with Crippen LogP contribution in [0, 0.1) is 5.41 Å². The first-order valence-electron chi connectivity index (χ1n) is 6.44. The molecule has 98 valence electrons. The fraction of sp³-hybridized carbons (Fsp3) is 0.500. The smallest absolute Gasteiger partial charge is 0.162 e. The Kier molecular flexibility index (Phi) is 4.83.